The van der Waals surface area contributed by atoms with E-state index in [1.807, 2.05) is 13.0 Å². The van der Waals surface area contributed by atoms with Gasteiger partial charge < -0.3 is 19.7 Å². The lowest BCUT2D eigenvalue weighted by Crippen LogP contribution is -2.34. The monoisotopic (exact) mass is 348 g/mol. The summed E-state index contributed by atoms with van der Waals surface area (Å²) in [6.07, 6.45) is 6.51. The van der Waals surface area contributed by atoms with Crippen LogP contribution < -0.4 is 0 Å². The molecule has 2 aliphatic heterocycles. The smallest absolute Gasteiger partial charge is 0.334 e. The highest BCUT2D eigenvalue weighted by atomic mass is 16.6. The maximum atomic E-state index is 12.0. The average molecular weight is 348 g/mol. The minimum absolute atomic E-state index is 0.0370. The van der Waals surface area contributed by atoms with Crippen molar-refractivity contribution in [1.82, 2.24) is 0 Å². The molecule has 1 aliphatic carbocycles. The zero-order valence-electron chi connectivity index (χ0n) is 15.0. The summed E-state index contributed by atoms with van der Waals surface area (Å²) in [6.45, 7) is 7.79. The molecule has 0 saturated carbocycles. The van der Waals surface area contributed by atoms with Crippen molar-refractivity contribution < 1.29 is 24.5 Å². The van der Waals surface area contributed by atoms with Gasteiger partial charge in [-0.2, -0.15) is 0 Å². The topological polar surface area (TPSA) is 79.3 Å². The molecule has 5 atom stereocenters. The number of aliphatic hydroxyl groups is 2. The first-order chi connectivity index (χ1) is 11.9. The van der Waals surface area contributed by atoms with Gasteiger partial charge in [0.1, 0.15) is 17.8 Å². The van der Waals surface area contributed by atoms with Gasteiger partial charge in [-0.1, -0.05) is 24.3 Å². The zero-order chi connectivity index (χ0) is 18.2. The second-order valence-corrected chi connectivity index (χ2v) is 7.59. The first kappa shape index (κ1) is 18.4. The number of epoxide rings is 1. The van der Waals surface area contributed by atoms with Crippen LogP contribution in [0.1, 0.15) is 46.0 Å². The number of carbonyl (C=O) groups excluding carboxylic acids is 1. The molecule has 0 amide bonds. The molecule has 0 aromatic carbocycles. The molecule has 0 bridgehead atoms. The number of ether oxygens (including phenoxy) is 2. The van der Waals surface area contributed by atoms with E-state index in [0.29, 0.717) is 12.0 Å². The van der Waals surface area contributed by atoms with Crippen molar-refractivity contribution >= 4 is 5.97 Å². The Morgan fingerprint density at radius 2 is 2.08 bits per heavy atom. The van der Waals surface area contributed by atoms with E-state index in [1.54, 1.807) is 0 Å². The van der Waals surface area contributed by atoms with Crippen LogP contribution in [0.2, 0.25) is 0 Å². The highest BCUT2D eigenvalue weighted by molar-refractivity contribution is 5.91. The SMILES string of the molecule is C=C1C(=O)O[C@H]2C1C[C@@H]1O[C@@]1(CO)CC/C=C(\C)CC/C=C(\C)C2O. The van der Waals surface area contributed by atoms with E-state index in [4.69, 9.17) is 9.47 Å². The third-order valence-corrected chi connectivity index (χ3v) is 5.83. The Hall–Kier alpha value is -1.43. The van der Waals surface area contributed by atoms with Crippen molar-refractivity contribution in [1.29, 1.82) is 0 Å². The van der Waals surface area contributed by atoms with Gasteiger partial charge in [-0.15, -0.1) is 0 Å². The Kier molecular flexibility index (Phi) is 5.19. The minimum atomic E-state index is -0.845. The molecule has 5 nitrogen and oxygen atoms in total. The highest BCUT2D eigenvalue weighted by Crippen LogP contribution is 2.47. The molecule has 2 fully saturated rings. The zero-order valence-corrected chi connectivity index (χ0v) is 15.0. The molecule has 138 valence electrons. The summed E-state index contributed by atoms with van der Waals surface area (Å²) in [7, 11) is 0. The van der Waals surface area contributed by atoms with Crippen molar-refractivity contribution in [3.63, 3.8) is 0 Å². The number of aliphatic hydroxyl groups excluding tert-OH is 2. The molecule has 25 heavy (non-hydrogen) atoms. The van der Waals surface area contributed by atoms with Gasteiger partial charge in [0.25, 0.3) is 0 Å². The Labute approximate surface area is 149 Å². The summed E-state index contributed by atoms with van der Waals surface area (Å²) >= 11 is 0. The van der Waals surface area contributed by atoms with Crippen molar-refractivity contribution in [2.45, 2.75) is 69.9 Å². The first-order valence-electron chi connectivity index (χ1n) is 9.07. The van der Waals surface area contributed by atoms with E-state index in [2.05, 4.69) is 19.6 Å². The summed E-state index contributed by atoms with van der Waals surface area (Å²) in [5.41, 5.74) is 1.96. The number of fused-ring (bicyclic) bond motifs is 2. The van der Waals surface area contributed by atoms with Gasteiger partial charge in [0.2, 0.25) is 0 Å². The van der Waals surface area contributed by atoms with Crippen LogP contribution in [0, 0.1) is 5.92 Å². The predicted octanol–water partition coefficient (Wildman–Crippen LogP) is 2.43. The quantitative estimate of drug-likeness (QED) is 0.329. The van der Waals surface area contributed by atoms with Crippen LogP contribution in [-0.4, -0.2) is 46.7 Å². The lowest BCUT2D eigenvalue weighted by Gasteiger charge is -2.24. The fraction of sp³-hybridized carbons (Fsp3) is 0.650. The number of carbonyl (C=O) groups is 1. The molecule has 0 spiro atoms. The number of hydrogen-bond acceptors (Lipinski definition) is 5. The van der Waals surface area contributed by atoms with Crippen LogP contribution in [0.25, 0.3) is 0 Å². The van der Waals surface area contributed by atoms with Crippen LogP contribution in [0.5, 0.6) is 0 Å². The lowest BCUT2D eigenvalue weighted by molar-refractivity contribution is -0.142. The molecule has 3 rings (SSSR count). The summed E-state index contributed by atoms with van der Waals surface area (Å²) < 4.78 is 11.3. The van der Waals surface area contributed by atoms with Gasteiger partial charge >= 0.3 is 5.97 Å². The molecule has 5 heteroatoms. The van der Waals surface area contributed by atoms with Crippen molar-refractivity contribution in [3.05, 3.63) is 35.5 Å². The van der Waals surface area contributed by atoms with Gasteiger partial charge in [-0.25, -0.2) is 4.79 Å². The normalized spacial score (nSPS) is 43.7. The maximum absolute atomic E-state index is 12.0. The third kappa shape index (κ3) is 3.59. The molecule has 2 unspecified atom stereocenters. The van der Waals surface area contributed by atoms with Crippen molar-refractivity contribution in [3.8, 4) is 0 Å². The fourth-order valence-electron chi connectivity index (χ4n) is 3.95. The Morgan fingerprint density at radius 3 is 2.80 bits per heavy atom. The molecule has 0 radical (unpaired) electrons. The average Bonchev–Trinajstić information content (AvgIpc) is 3.20. The van der Waals surface area contributed by atoms with Gasteiger partial charge in [0.15, 0.2) is 0 Å². The van der Waals surface area contributed by atoms with E-state index in [1.165, 1.54) is 5.57 Å². The van der Waals surface area contributed by atoms with Crippen LogP contribution in [0.15, 0.2) is 35.5 Å². The second-order valence-electron chi connectivity index (χ2n) is 7.59. The summed E-state index contributed by atoms with van der Waals surface area (Å²) in [6, 6.07) is 0. The Bertz CT molecular complexity index is 620. The third-order valence-electron chi connectivity index (χ3n) is 5.83. The van der Waals surface area contributed by atoms with Gasteiger partial charge in [-0.3, -0.25) is 0 Å². The molecule has 3 aliphatic rings. The molecule has 2 N–H and O–H groups in total. The van der Waals surface area contributed by atoms with Crippen LogP contribution in [-0.2, 0) is 14.3 Å². The molecular formula is C20H28O5. The minimum Gasteiger partial charge on any atom is -0.455 e. The highest BCUT2D eigenvalue weighted by Gasteiger charge is 2.58. The largest absolute Gasteiger partial charge is 0.455 e. The molecule has 0 aromatic rings. The van der Waals surface area contributed by atoms with Gasteiger partial charge in [-0.05, 0) is 51.5 Å². The van der Waals surface area contributed by atoms with E-state index in [-0.39, 0.29) is 18.6 Å². The van der Waals surface area contributed by atoms with E-state index in [0.717, 1.165) is 31.3 Å². The second kappa shape index (κ2) is 7.06. The molecule has 2 heterocycles. The molecule has 0 aromatic heterocycles. The number of rotatable bonds is 1. The Balaban J connectivity index is 1.86. The fourth-order valence-corrected chi connectivity index (χ4v) is 3.95. The van der Waals surface area contributed by atoms with E-state index < -0.39 is 23.8 Å². The standard InChI is InChI=1S/C20H28O5/c1-12-6-4-8-13(2)17(22)18-15(14(3)19(23)24-18)10-16-20(11-21,25-16)9-5-7-12/h7-8,15-18,21-22H,3-6,9-11H2,1-2H3/b12-7+,13-8+/t15?,16-,17?,18-,20+/m0/s1. The van der Waals surface area contributed by atoms with Gasteiger partial charge in [0.05, 0.1) is 12.7 Å². The molecule has 2 saturated heterocycles. The van der Waals surface area contributed by atoms with Crippen LogP contribution in [0.4, 0.5) is 0 Å². The maximum Gasteiger partial charge on any atom is 0.334 e. The van der Waals surface area contributed by atoms with Crippen LogP contribution in [0.3, 0.4) is 0 Å². The lowest BCUT2D eigenvalue weighted by atomic mass is 9.84. The number of hydrogen-bond donors (Lipinski definition) is 2. The number of allylic oxidation sites excluding steroid dienone is 3. The predicted molar refractivity (Wildman–Crippen MR) is 93.8 cm³/mol. The van der Waals surface area contributed by atoms with Gasteiger partial charge in [0, 0.05) is 11.5 Å². The summed E-state index contributed by atoms with van der Waals surface area (Å²) in [4.78, 5) is 12.0. The van der Waals surface area contributed by atoms with E-state index >= 15 is 0 Å². The summed E-state index contributed by atoms with van der Waals surface area (Å²) in [5.74, 6) is -0.733. The molecular weight excluding hydrogens is 320 g/mol. The van der Waals surface area contributed by atoms with Crippen molar-refractivity contribution in [2.75, 3.05) is 6.61 Å². The van der Waals surface area contributed by atoms with Crippen molar-refractivity contribution in [2.24, 2.45) is 5.92 Å². The number of esters is 1. The van der Waals surface area contributed by atoms with Crippen LogP contribution >= 0.6 is 0 Å². The summed E-state index contributed by atoms with van der Waals surface area (Å²) in [5, 5.41) is 20.5. The first-order valence-corrected chi connectivity index (χ1v) is 9.07. The Morgan fingerprint density at radius 1 is 1.32 bits per heavy atom. The van der Waals surface area contributed by atoms with E-state index in [9.17, 15) is 15.0 Å².